The molecule has 0 aliphatic heterocycles. The summed E-state index contributed by atoms with van der Waals surface area (Å²) < 4.78 is 44.0. The van der Waals surface area contributed by atoms with Crippen LogP contribution in [-0.4, -0.2) is 44.0 Å². The Bertz CT molecular complexity index is 935. The lowest BCUT2D eigenvalue weighted by Gasteiger charge is -2.17. The number of rotatable bonds is 7. The summed E-state index contributed by atoms with van der Waals surface area (Å²) in [7, 11) is 3.02. The molecular formula is C20H21ClF3N3O3. The van der Waals surface area contributed by atoms with Crippen LogP contribution < -0.4 is 15.4 Å². The molecule has 0 unspecified atom stereocenters. The number of hydrogen-bond donors (Lipinski definition) is 2. The third kappa shape index (κ3) is 6.64. The fourth-order valence-corrected chi connectivity index (χ4v) is 2.90. The molecule has 0 saturated carbocycles. The Labute approximate surface area is 177 Å². The summed E-state index contributed by atoms with van der Waals surface area (Å²) in [6.45, 7) is 1.55. The van der Waals surface area contributed by atoms with Gasteiger partial charge in [0.15, 0.2) is 0 Å². The lowest BCUT2D eigenvalue weighted by molar-refractivity contribution is -0.137. The van der Waals surface area contributed by atoms with E-state index >= 15 is 0 Å². The Morgan fingerprint density at radius 3 is 2.30 bits per heavy atom. The monoisotopic (exact) mass is 443 g/mol. The number of nitrogens with zero attached hydrogens (tertiary/aromatic N) is 1. The van der Waals surface area contributed by atoms with Crippen LogP contribution in [0.1, 0.15) is 11.1 Å². The number of methoxy groups -OCH3 is 1. The zero-order chi connectivity index (χ0) is 22.5. The molecule has 2 amide bonds. The molecule has 0 spiro atoms. The number of carbonyl (C=O) groups excluding carboxylic acids is 2. The third-order valence-corrected chi connectivity index (χ3v) is 4.34. The minimum Gasteiger partial charge on any atom is -0.495 e. The number of anilines is 2. The first-order chi connectivity index (χ1) is 14.0. The summed E-state index contributed by atoms with van der Waals surface area (Å²) in [5.41, 5.74) is 0.349. The van der Waals surface area contributed by atoms with E-state index in [1.54, 1.807) is 12.1 Å². The zero-order valence-electron chi connectivity index (χ0n) is 16.6. The van der Waals surface area contributed by atoms with Crippen LogP contribution in [-0.2, 0) is 15.8 Å². The smallest absolute Gasteiger partial charge is 0.417 e. The Kier molecular flexibility index (Phi) is 7.69. The van der Waals surface area contributed by atoms with Crippen molar-refractivity contribution in [2.75, 3.05) is 37.9 Å². The van der Waals surface area contributed by atoms with Crippen LogP contribution in [0.2, 0.25) is 5.02 Å². The number of halogens is 4. The highest BCUT2D eigenvalue weighted by Crippen LogP contribution is 2.36. The van der Waals surface area contributed by atoms with Gasteiger partial charge in [0.05, 0.1) is 36.5 Å². The number of ether oxygens (including phenoxy) is 1. The van der Waals surface area contributed by atoms with Crippen LogP contribution in [0.15, 0.2) is 36.4 Å². The van der Waals surface area contributed by atoms with Crippen molar-refractivity contribution in [3.63, 3.8) is 0 Å². The summed E-state index contributed by atoms with van der Waals surface area (Å²) in [6, 6.07) is 8.41. The van der Waals surface area contributed by atoms with E-state index in [1.807, 2.05) is 13.0 Å². The van der Waals surface area contributed by atoms with E-state index in [9.17, 15) is 22.8 Å². The Balaban J connectivity index is 1.94. The summed E-state index contributed by atoms with van der Waals surface area (Å²) in [5, 5.41) is 4.62. The van der Waals surface area contributed by atoms with E-state index < -0.39 is 22.7 Å². The molecule has 2 aromatic rings. The van der Waals surface area contributed by atoms with Crippen LogP contribution in [0.3, 0.4) is 0 Å². The molecule has 0 radical (unpaired) electrons. The van der Waals surface area contributed by atoms with Crippen molar-refractivity contribution in [1.82, 2.24) is 4.90 Å². The number of aryl methyl sites for hydroxylation is 1. The van der Waals surface area contributed by atoms with E-state index in [1.165, 1.54) is 25.1 Å². The molecule has 0 atom stereocenters. The van der Waals surface area contributed by atoms with Crippen molar-refractivity contribution in [1.29, 1.82) is 0 Å². The van der Waals surface area contributed by atoms with Crippen molar-refractivity contribution in [3.8, 4) is 5.75 Å². The van der Waals surface area contributed by atoms with Crippen molar-refractivity contribution in [2.45, 2.75) is 13.1 Å². The number of hydrogen-bond acceptors (Lipinski definition) is 4. The summed E-state index contributed by atoms with van der Waals surface area (Å²) in [4.78, 5) is 25.8. The first-order valence-corrected chi connectivity index (χ1v) is 9.17. The molecule has 0 saturated heterocycles. The van der Waals surface area contributed by atoms with Gasteiger partial charge in [-0.25, -0.2) is 0 Å². The van der Waals surface area contributed by atoms with Crippen molar-refractivity contribution < 1.29 is 27.5 Å². The van der Waals surface area contributed by atoms with E-state index in [0.717, 1.165) is 17.7 Å². The topological polar surface area (TPSA) is 70.7 Å². The second-order valence-electron chi connectivity index (χ2n) is 6.66. The molecule has 0 aliphatic rings. The number of benzene rings is 2. The number of likely N-dealkylation sites (N-methyl/N-ethyl adjacent to an activating group) is 1. The van der Waals surface area contributed by atoms with Gasteiger partial charge in [0.2, 0.25) is 11.8 Å². The maximum atomic E-state index is 12.9. The molecule has 2 aromatic carbocycles. The van der Waals surface area contributed by atoms with E-state index in [2.05, 4.69) is 10.6 Å². The Morgan fingerprint density at radius 2 is 1.70 bits per heavy atom. The highest BCUT2D eigenvalue weighted by atomic mass is 35.5. The lowest BCUT2D eigenvalue weighted by atomic mass is 10.2. The molecule has 162 valence electrons. The van der Waals surface area contributed by atoms with Gasteiger partial charge < -0.3 is 15.4 Å². The standard InChI is InChI=1S/C20H21ClF3N3O3/c1-12-4-7-17(30-3)16(8-12)26-19(29)11-27(2)10-18(28)25-13-5-6-15(21)14(9-13)20(22,23)24/h4-9H,10-11H2,1-3H3,(H,25,28)(H,26,29). The van der Waals surface area contributed by atoms with Gasteiger partial charge in [-0.15, -0.1) is 0 Å². The van der Waals surface area contributed by atoms with Gasteiger partial charge in [-0.3, -0.25) is 14.5 Å². The van der Waals surface area contributed by atoms with Gasteiger partial charge in [0.1, 0.15) is 5.75 Å². The molecule has 0 bridgehead atoms. The van der Waals surface area contributed by atoms with Crippen molar-refractivity contribution in [2.24, 2.45) is 0 Å². The zero-order valence-corrected chi connectivity index (χ0v) is 17.3. The second kappa shape index (κ2) is 9.82. The molecule has 0 aromatic heterocycles. The molecule has 0 aliphatic carbocycles. The number of alkyl halides is 3. The predicted molar refractivity (Wildman–Crippen MR) is 109 cm³/mol. The van der Waals surface area contributed by atoms with Crippen LogP contribution in [0.5, 0.6) is 5.75 Å². The fraction of sp³-hybridized carbons (Fsp3) is 0.300. The van der Waals surface area contributed by atoms with Crippen molar-refractivity contribution >= 4 is 34.8 Å². The van der Waals surface area contributed by atoms with E-state index in [0.29, 0.717) is 11.4 Å². The first kappa shape index (κ1) is 23.5. The number of amides is 2. The third-order valence-electron chi connectivity index (χ3n) is 4.01. The quantitative estimate of drug-likeness (QED) is 0.673. The SMILES string of the molecule is COc1ccc(C)cc1NC(=O)CN(C)CC(=O)Nc1ccc(Cl)c(C(F)(F)F)c1. The minimum atomic E-state index is -4.64. The highest BCUT2D eigenvalue weighted by molar-refractivity contribution is 6.31. The molecular weight excluding hydrogens is 423 g/mol. The number of carbonyl (C=O) groups is 2. The van der Waals surface area contributed by atoms with Gasteiger partial charge in [-0.1, -0.05) is 17.7 Å². The Morgan fingerprint density at radius 1 is 1.07 bits per heavy atom. The van der Waals surface area contributed by atoms with Crippen LogP contribution in [0.4, 0.5) is 24.5 Å². The highest BCUT2D eigenvalue weighted by Gasteiger charge is 2.33. The van der Waals surface area contributed by atoms with Gasteiger partial charge in [0, 0.05) is 5.69 Å². The number of nitrogens with one attached hydrogen (secondary N) is 2. The average Bonchev–Trinajstić information content (AvgIpc) is 2.62. The Hall–Kier alpha value is -2.78. The summed E-state index contributed by atoms with van der Waals surface area (Å²) in [6.07, 6.45) is -4.64. The fourth-order valence-electron chi connectivity index (χ4n) is 2.68. The molecule has 0 heterocycles. The van der Waals surface area contributed by atoms with Crippen LogP contribution >= 0.6 is 11.6 Å². The van der Waals surface area contributed by atoms with Crippen LogP contribution in [0.25, 0.3) is 0 Å². The van der Waals surface area contributed by atoms with E-state index in [-0.39, 0.29) is 24.7 Å². The molecule has 6 nitrogen and oxygen atoms in total. The minimum absolute atomic E-state index is 0.0425. The predicted octanol–water partition coefficient (Wildman–Crippen LogP) is 4.18. The summed E-state index contributed by atoms with van der Waals surface area (Å²) in [5.74, 6) is -0.452. The average molecular weight is 444 g/mol. The van der Waals surface area contributed by atoms with Crippen molar-refractivity contribution in [3.05, 3.63) is 52.5 Å². The van der Waals surface area contributed by atoms with Gasteiger partial charge in [-0.2, -0.15) is 13.2 Å². The molecule has 30 heavy (non-hydrogen) atoms. The molecule has 2 rings (SSSR count). The molecule has 2 N–H and O–H groups in total. The van der Waals surface area contributed by atoms with E-state index in [4.69, 9.17) is 16.3 Å². The largest absolute Gasteiger partial charge is 0.495 e. The maximum absolute atomic E-state index is 12.9. The lowest BCUT2D eigenvalue weighted by Crippen LogP contribution is -2.36. The molecule has 0 fully saturated rings. The summed E-state index contributed by atoms with van der Waals surface area (Å²) >= 11 is 5.56. The molecule has 10 heteroatoms. The second-order valence-corrected chi connectivity index (χ2v) is 7.07. The van der Waals surface area contributed by atoms with Gasteiger partial charge in [0.25, 0.3) is 0 Å². The maximum Gasteiger partial charge on any atom is 0.417 e. The van der Waals surface area contributed by atoms with Crippen LogP contribution in [0, 0.1) is 6.92 Å². The normalized spacial score (nSPS) is 11.3. The van der Waals surface area contributed by atoms with Gasteiger partial charge in [-0.05, 0) is 49.9 Å². The van der Waals surface area contributed by atoms with Gasteiger partial charge >= 0.3 is 6.18 Å². The first-order valence-electron chi connectivity index (χ1n) is 8.79.